The number of benzene rings is 1. The molecule has 222 valence electrons. The smallest absolute Gasteiger partial charge is 0.419 e. The summed E-state index contributed by atoms with van der Waals surface area (Å²) in [5.41, 5.74) is -2.37. The summed E-state index contributed by atoms with van der Waals surface area (Å²) in [6.45, 7) is 3.31. The molecular weight excluding hydrogens is 546 g/mol. The highest BCUT2D eigenvalue weighted by Crippen LogP contribution is 2.57. The van der Waals surface area contributed by atoms with Gasteiger partial charge in [-0.05, 0) is 69.6 Å². The highest BCUT2D eigenvalue weighted by atomic mass is 19.4. The normalized spacial score (nSPS) is 24.5. The van der Waals surface area contributed by atoms with Crippen LogP contribution in [0.1, 0.15) is 72.9 Å². The number of ether oxygens (including phenoxy) is 1. The predicted molar refractivity (Wildman–Crippen MR) is 140 cm³/mol. The predicted octanol–water partition coefficient (Wildman–Crippen LogP) is 4.50. The minimum Gasteiger partial charge on any atom is -0.474 e. The lowest BCUT2D eigenvalue weighted by atomic mass is 9.90. The van der Waals surface area contributed by atoms with Crippen molar-refractivity contribution in [3.8, 4) is 5.88 Å². The Morgan fingerprint density at radius 2 is 1.83 bits per heavy atom. The standard InChI is InChI=1S/C28H33F4N5O4/c1-26(2,39)13-41-22-10-21(37(4)35-22)27(40)11-16-7-15(8-17(16)12-27)23-24(36(3)14-33-23)25(38)34-18-5-6-20(29)19(9-18)28(30,31)32/h5-6,9-10,14-17,39-40H,7-8,11-13H2,1-4H3,(H,34,38). The minimum atomic E-state index is -4.90. The second kappa shape index (κ2) is 10.1. The zero-order valence-electron chi connectivity index (χ0n) is 23.2. The molecule has 2 aliphatic rings. The molecule has 0 radical (unpaired) electrons. The fourth-order valence-corrected chi connectivity index (χ4v) is 6.33. The van der Waals surface area contributed by atoms with Gasteiger partial charge in [0, 0.05) is 31.8 Å². The molecule has 3 aromatic rings. The molecule has 2 heterocycles. The van der Waals surface area contributed by atoms with E-state index in [4.69, 9.17) is 4.74 Å². The van der Waals surface area contributed by atoms with Crippen molar-refractivity contribution in [2.75, 3.05) is 11.9 Å². The topological polar surface area (TPSA) is 114 Å². The zero-order chi connectivity index (χ0) is 29.9. The van der Waals surface area contributed by atoms with Crippen LogP contribution in [0.5, 0.6) is 5.88 Å². The number of nitrogens with one attached hydrogen (secondary N) is 1. The van der Waals surface area contributed by atoms with Crippen LogP contribution >= 0.6 is 0 Å². The lowest BCUT2D eigenvalue weighted by Crippen LogP contribution is -2.28. The van der Waals surface area contributed by atoms with Gasteiger partial charge in [0.15, 0.2) is 0 Å². The number of alkyl halides is 3. The first-order valence-electron chi connectivity index (χ1n) is 13.4. The van der Waals surface area contributed by atoms with Gasteiger partial charge in [0.2, 0.25) is 5.88 Å². The van der Waals surface area contributed by atoms with Crippen LogP contribution in [-0.4, -0.2) is 47.7 Å². The number of aromatic nitrogens is 4. The summed E-state index contributed by atoms with van der Waals surface area (Å²) in [4.78, 5) is 17.6. The Morgan fingerprint density at radius 1 is 1.17 bits per heavy atom. The Kier molecular flexibility index (Phi) is 7.17. The van der Waals surface area contributed by atoms with Crippen LogP contribution in [0, 0.1) is 17.7 Å². The molecule has 3 N–H and O–H groups in total. The monoisotopic (exact) mass is 579 g/mol. The molecule has 2 saturated carbocycles. The van der Waals surface area contributed by atoms with Gasteiger partial charge in [0.25, 0.3) is 5.91 Å². The van der Waals surface area contributed by atoms with E-state index in [2.05, 4.69) is 15.4 Å². The average molecular weight is 580 g/mol. The number of imidazole rings is 1. The highest BCUT2D eigenvalue weighted by Gasteiger charge is 2.51. The molecule has 2 unspecified atom stereocenters. The van der Waals surface area contributed by atoms with Crippen LogP contribution in [0.15, 0.2) is 30.6 Å². The van der Waals surface area contributed by atoms with E-state index in [1.807, 2.05) is 0 Å². The molecule has 0 aliphatic heterocycles. The second-order valence-electron chi connectivity index (χ2n) is 12.0. The number of carbonyl (C=O) groups excluding carboxylic acids is 1. The average Bonchev–Trinajstić information content (AvgIpc) is 3.59. The molecular formula is C28H33F4N5O4. The number of nitrogens with zero attached hydrogens (tertiary/aromatic N) is 4. The quantitative estimate of drug-likeness (QED) is 0.355. The van der Waals surface area contributed by atoms with Gasteiger partial charge >= 0.3 is 6.18 Å². The number of aryl methyl sites for hydroxylation is 2. The molecule has 41 heavy (non-hydrogen) atoms. The maximum absolute atomic E-state index is 13.7. The maximum atomic E-state index is 13.7. The number of aliphatic hydroxyl groups is 2. The molecule has 1 aromatic carbocycles. The first-order chi connectivity index (χ1) is 19.0. The van der Waals surface area contributed by atoms with Gasteiger partial charge in [-0.3, -0.25) is 9.48 Å². The fraction of sp³-hybridized carbons (Fsp3) is 0.536. The molecule has 2 atom stereocenters. The van der Waals surface area contributed by atoms with Crippen molar-refractivity contribution >= 4 is 11.6 Å². The Hall–Kier alpha value is -3.45. The van der Waals surface area contributed by atoms with E-state index in [0.29, 0.717) is 55.1 Å². The number of carbonyl (C=O) groups is 1. The Balaban J connectivity index is 1.29. The van der Waals surface area contributed by atoms with Crippen LogP contribution in [0.2, 0.25) is 0 Å². The highest BCUT2D eigenvalue weighted by molar-refractivity contribution is 6.04. The maximum Gasteiger partial charge on any atom is 0.419 e. The summed E-state index contributed by atoms with van der Waals surface area (Å²) in [6, 6.07) is 4.03. The lowest BCUT2D eigenvalue weighted by molar-refractivity contribution is -0.139. The minimum absolute atomic E-state index is 0.0550. The molecule has 0 bridgehead atoms. The van der Waals surface area contributed by atoms with Crippen molar-refractivity contribution < 1.29 is 37.3 Å². The van der Waals surface area contributed by atoms with Gasteiger partial charge in [-0.15, -0.1) is 5.10 Å². The molecule has 5 rings (SSSR count). The molecule has 2 aliphatic carbocycles. The van der Waals surface area contributed by atoms with E-state index in [-0.39, 0.29) is 35.7 Å². The molecule has 0 saturated heterocycles. The molecule has 9 nitrogen and oxygen atoms in total. The van der Waals surface area contributed by atoms with Crippen LogP contribution in [-0.2, 0) is 25.9 Å². The molecule has 13 heteroatoms. The van der Waals surface area contributed by atoms with Crippen LogP contribution < -0.4 is 10.1 Å². The Labute approximate surface area is 234 Å². The van der Waals surface area contributed by atoms with Gasteiger partial charge in [-0.25, -0.2) is 9.37 Å². The van der Waals surface area contributed by atoms with E-state index >= 15 is 0 Å². The number of anilines is 1. The number of hydrogen-bond acceptors (Lipinski definition) is 6. The molecule has 2 fully saturated rings. The van der Waals surface area contributed by atoms with Crippen molar-refractivity contribution in [1.82, 2.24) is 19.3 Å². The van der Waals surface area contributed by atoms with Gasteiger partial charge in [0.1, 0.15) is 23.7 Å². The van der Waals surface area contributed by atoms with Gasteiger partial charge in [-0.1, -0.05) is 0 Å². The van der Waals surface area contributed by atoms with Crippen molar-refractivity contribution in [3.63, 3.8) is 0 Å². The zero-order valence-corrected chi connectivity index (χ0v) is 23.2. The van der Waals surface area contributed by atoms with Crippen LogP contribution in [0.25, 0.3) is 0 Å². The van der Waals surface area contributed by atoms with Crippen molar-refractivity contribution in [3.05, 3.63) is 59.1 Å². The van der Waals surface area contributed by atoms with Crippen molar-refractivity contribution in [2.45, 2.75) is 62.8 Å². The van der Waals surface area contributed by atoms with Gasteiger partial charge in [0.05, 0.1) is 28.9 Å². The number of hydrogen-bond donors (Lipinski definition) is 3. The Bertz CT molecular complexity index is 1440. The largest absolute Gasteiger partial charge is 0.474 e. The van der Waals surface area contributed by atoms with E-state index in [1.54, 1.807) is 38.7 Å². The first-order valence-corrected chi connectivity index (χ1v) is 13.4. The van der Waals surface area contributed by atoms with E-state index < -0.39 is 34.7 Å². The third-order valence-corrected chi connectivity index (χ3v) is 8.05. The lowest BCUT2D eigenvalue weighted by Gasteiger charge is -2.24. The summed E-state index contributed by atoms with van der Waals surface area (Å²) in [5.74, 6) is -1.50. The van der Waals surface area contributed by atoms with Gasteiger partial charge in [-0.2, -0.15) is 13.2 Å². The Morgan fingerprint density at radius 3 is 2.44 bits per heavy atom. The number of fused-ring (bicyclic) bond motifs is 1. The summed E-state index contributed by atoms with van der Waals surface area (Å²) in [5, 5.41) is 28.3. The number of amides is 1. The SMILES string of the molecule is Cn1cnc(C2CC3CC(O)(c4cc(OCC(C)(C)O)nn4C)CC3C2)c1C(=O)Nc1ccc(F)c(C(F)(F)F)c1. The number of halogens is 4. The van der Waals surface area contributed by atoms with E-state index in [1.165, 1.54) is 10.9 Å². The summed E-state index contributed by atoms with van der Waals surface area (Å²) < 4.78 is 61.8. The second-order valence-corrected chi connectivity index (χ2v) is 12.0. The number of rotatable bonds is 7. The first kappa shape index (κ1) is 29.1. The summed E-state index contributed by atoms with van der Waals surface area (Å²) in [7, 11) is 3.37. The van der Waals surface area contributed by atoms with Crippen molar-refractivity contribution in [1.29, 1.82) is 0 Å². The van der Waals surface area contributed by atoms with Gasteiger partial charge < -0.3 is 24.8 Å². The third kappa shape index (κ3) is 5.82. The van der Waals surface area contributed by atoms with Crippen molar-refractivity contribution in [2.24, 2.45) is 25.9 Å². The van der Waals surface area contributed by atoms with Crippen LogP contribution in [0.3, 0.4) is 0 Å². The molecule has 2 aromatic heterocycles. The molecule has 0 spiro atoms. The summed E-state index contributed by atoms with van der Waals surface area (Å²) >= 11 is 0. The van der Waals surface area contributed by atoms with E-state index in [9.17, 15) is 32.6 Å². The third-order valence-electron chi connectivity index (χ3n) is 8.05. The van der Waals surface area contributed by atoms with E-state index in [0.717, 1.165) is 6.07 Å². The molecule has 1 amide bonds. The summed E-state index contributed by atoms with van der Waals surface area (Å²) in [6.07, 6.45) is -1.07. The van der Waals surface area contributed by atoms with Crippen LogP contribution in [0.4, 0.5) is 23.2 Å². The fourth-order valence-electron chi connectivity index (χ4n) is 6.33.